The molecule has 3 aromatic rings. The first-order valence-electron chi connectivity index (χ1n) is 9.51. The van der Waals surface area contributed by atoms with Gasteiger partial charge in [0.1, 0.15) is 12.6 Å². The standard InChI is InChI=1S/C23H24N2OS/c1-17-7-2-5-10-20(17)23(26)24-15-21(22-11-6-14-27-22)25-13-12-18-8-3-4-9-19(18)16-25/h2-11,14,21H,12-13,15-16H2,1H3,(H,24,26)/p+1/t21-/m0/s1. The fraction of sp³-hybridized carbons (Fsp3) is 0.261. The smallest absolute Gasteiger partial charge is 0.251 e. The van der Waals surface area contributed by atoms with E-state index < -0.39 is 0 Å². The number of hydrogen-bond donors (Lipinski definition) is 2. The Kier molecular flexibility index (Phi) is 5.37. The molecular weight excluding hydrogens is 352 g/mol. The Balaban J connectivity index is 1.51. The summed E-state index contributed by atoms with van der Waals surface area (Å²) in [6.45, 7) is 4.75. The molecule has 2 aromatic carbocycles. The van der Waals surface area contributed by atoms with Crippen LogP contribution in [-0.4, -0.2) is 19.0 Å². The second-order valence-corrected chi connectivity index (χ2v) is 8.18. The van der Waals surface area contributed by atoms with Crippen molar-refractivity contribution in [2.24, 2.45) is 0 Å². The summed E-state index contributed by atoms with van der Waals surface area (Å²) < 4.78 is 0. The number of thiophene rings is 1. The number of amides is 1. The molecule has 2 atom stereocenters. The Labute approximate surface area is 164 Å². The Morgan fingerprint density at radius 1 is 1.07 bits per heavy atom. The van der Waals surface area contributed by atoms with E-state index in [0.717, 1.165) is 30.6 Å². The molecule has 1 aliphatic heterocycles. The van der Waals surface area contributed by atoms with Gasteiger partial charge in [0, 0.05) is 17.5 Å². The summed E-state index contributed by atoms with van der Waals surface area (Å²) >= 11 is 1.78. The molecule has 0 fully saturated rings. The van der Waals surface area contributed by atoms with Crippen molar-refractivity contribution in [3.63, 3.8) is 0 Å². The highest BCUT2D eigenvalue weighted by Gasteiger charge is 2.29. The van der Waals surface area contributed by atoms with Gasteiger partial charge in [0.05, 0.1) is 18.0 Å². The zero-order valence-corrected chi connectivity index (χ0v) is 16.4. The number of carbonyl (C=O) groups is 1. The highest BCUT2D eigenvalue weighted by Crippen LogP contribution is 2.19. The fourth-order valence-electron chi connectivity index (χ4n) is 3.95. The Bertz CT molecular complexity index is 920. The minimum absolute atomic E-state index is 0.0199. The highest BCUT2D eigenvalue weighted by atomic mass is 32.1. The zero-order chi connectivity index (χ0) is 18.6. The van der Waals surface area contributed by atoms with Gasteiger partial charge in [-0.15, -0.1) is 11.3 Å². The van der Waals surface area contributed by atoms with E-state index in [1.54, 1.807) is 11.3 Å². The maximum Gasteiger partial charge on any atom is 0.251 e. The van der Waals surface area contributed by atoms with Gasteiger partial charge in [0.25, 0.3) is 5.91 Å². The van der Waals surface area contributed by atoms with Crippen LogP contribution in [0.1, 0.15) is 38.0 Å². The number of nitrogens with one attached hydrogen (secondary N) is 2. The molecule has 2 heterocycles. The largest absolute Gasteiger partial charge is 0.346 e. The first-order valence-corrected chi connectivity index (χ1v) is 10.4. The van der Waals surface area contributed by atoms with Crippen LogP contribution in [0, 0.1) is 6.92 Å². The first kappa shape index (κ1) is 18.0. The van der Waals surface area contributed by atoms with E-state index in [0.29, 0.717) is 6.54 Å². The monoisotopic (exact) mass is 377 g/mol. The zero-order valence-electron chi connectivity index (χ0n) is 15.6. The van der Waals surface area contributed by atoms with Gasteiger partial charge in [-0.3, -0.25) is 4.79 Å². The van der Waals surface area contributed by atoms with E-state index in [9.17, 15) is 4.79 Å². The fourth-order valence-corrected chi connectivity index (χ4v) is 4.84. The molecule has 0 radical (unpaired) electrons. The van der Waals surface area contributed by atoms with Gasteiger partial charge >= 0.3 is 0 Å². The normalized spacial score (nSPS) is 17.1. The lowest BCUT2D eigenvalue weighted by molar-refractivity contribution is -0.945. The van der Waals surface area contributed by atoms with Gasteiger partial charge in [0.15, 0.2) is 0 Å². The van der Waals surface area contributed by atoms with Gasteiger partial charge in [0.2, 0.25) is 0 Å². The maximum absolute atomic E-state index is 12.7. The molecule has 0 aliphatic carbocycles. The van der Waals surface area contributed by atoms with Crippen LogP contribution in [0.5, 0.6) is 0 Å². The van der Waals surface area contributed by atoms with Crippen LogP contribution in [0.4, 0.5) is 0 Å². The molecule has 4 heteroatoms. The summed E-state index contributed by atoms with van der Waals surface area (Å²) in [5.74, 6) is 0.0199. The molecule has 2 N–H and O–H groups in total. The first-order chi connectivity index (χ1) is 13.2. The van der Waals surface area contributed by atoms with Crippen LogP contribution >= 0.6 is 11.3 Å². The molecule has 1 amide bonds. The van der Waals surface area contributed by atoms with Crippen molar-refractivity contribution >= 4 is 17.2 Å². The van der Waals surface area contributed by atoms with E-state index in [1.165, 1.54) is 20.9 Å². The van der Waals surface area contributed by atoms with Gasteiger partial charge < -0.3 is 10.2 Å². The van der Waals surface area contributed by atoms with Crippen LogP contribution in [0.15, 0.2) is 66.0 Å². The van der Waals surface area contributed by atoms with Crippen molar-refractivity contribution in [3.8, 4) is 0 Å². The predicted octanol–water partition coefficient (Wildman–Crippen LogP) is 3.17. The van der Waals surface area contributed by atoms with Crippen molar-refractivity contribution in [1.29, 1.82) is 0 Å². The molecule has 0 saturated carbocycles. The number of fused-ring (bicyclic) bond motifs is 1. The van der Waals surface area contributed by atoms with Crippen molar-refractivity contribution < 1.29 is 9.69 Å². The van der Waals surface area contributed by atoms with Crippen molar-refractivity contribution in [2.75, 3.05) is 13.1 Å². The molecule has 3 nitrogen and oxygen atoms in total. The molecule has 1 aromatic heterocycles. The molecule has 4 rings (SSSR count). The summed E-state index contributed by atoms with van der Waals surface area (Å²) in [7, 11) is 0. The average Bonchev–Trinajstić information content (AvgIpc) is 3.23. The molecule has 0 bridgehead atoms. The van der Waals surface area contributed by atoms with Crippen molar-refractivity contribution in [2.45, 2.75) is 25.9 Å². The van der Waals surface area contributed by atoms with Crippen LogP contribution in [0.25, 0.3) is 0 Å². The third kappa shape index (κ3) is 3.97. The lowest BCUT2D eigenvalue weighted by Crippen LogP contribution is -3.12. The summed E-state index contributed by atoms with van der Waals surface area (Å²) in [6.07, 6.45) is 1.10. The van der Waals surface area contributed by atoms with Crippen LogP contribution in [-0.2, 0) is 13.0 Å². The summed E-state index contributed by atoms with van der Waals surface area (Å²) in [5, 5.41) is 5.32. The van der Waals surface area contributed by atoms with Gasteiger partial charge in [-0.05, 0) is 35.6 Å². The number of quaternary nitrogens is 1. The summed E-state index contributed by atoms with van der Waals surface area (Å²) in [5.41, 5.74) is 4.68. The Hall–Kier alpha value is -2.43. The average molecular weight is 378 g/mol. The molecule has 138 valence electrons. The van der Waals surface area contributed by atoms with E-state index in [4.69, 9.17) is 0 Å². The van der Waals surface area contributed by atoms with E-state index in [1.807, 2.05) is 31.2 Å². The Morgan fingerprint density at radius 3 is 2.63 bits per heavy atom. The quantitative estimate of drug-likeness (QED) is 0.704. The van der Waals surface area contributed by atoms with Crippen molar-refractivity contribution in [1.82, 2.24) is 5.32 Å². The van der Waals surface area contributed by atoms with Gasteiger partial charge in [-0.2, -0.15) is 0 Å². The van der Waals surface area contributed by atoms with Crippen LogP contribution in [0.2, 0.25) is 0 Å². The third-order valence-corrected chi connectivity index (χ3v) is 6.47. The van der Waals surface area contributed by atoms with Crippen LogP contribution < -0.4 is 10.2 Å². The topological polar surface area (TPSA) is 33.5 Å². The number of rotatable bonds is 5. The maximum atomic E-state index is 12.7. The lowest BCUT2D eigenvalue weighted by Gasteiger charge is -2.32. The molecule has 1 aliphatic rings. The van der Waals surface area contributed by atoms with Gasteiger partial charge in [-0.25, -0.2) is 0 Å². The minimum atomic E-state index is 0.0199. The second-order valence-electron chi connectivity index (χ2n) is 7.20. The summed E-state index contributed by atoms with van der Waals surface area (Å²) in [6, 6.07) is 21.1. The van der Waals surface area contributed by atoms with E-state index in [-0.39, 0.29) is 11.9 Å². The number of aryl methyl sites for hydroxylation is 1. The molecular formula is C23H25N2OS+. The highest BCUT2D eigenvalue weighted by molar-refractivity contribution is 7.10. The molecule has 0 saturated heterocycles. The summed E-state index contributed by atoms with van der Waals surface area (Å²) in [4.78, 5) is 15.6. The SMILES string of the molecule is Cc1ccccc1C(=O)NC[C@@H](c1cccs1)[NH+]1CCc2ccccc2C1. The molecule has 27 heavy (non-hydrogen) atoms. The van der Waals surface area contributed by atoms with Crippen LogP contribution in [0.3, 0.4) is 0 Å². The number of benzene rings is 2. The van der Waals surface area contributed by atoms with Gasteiger partial charge in [-0.1, -0.05) is 48.5 Å². The molecule has 0 spiro atoms. The van der Waals surface area contributed by atoms with Crippen molar-refractivity contribution in [3.05, 3.63) is 93.2 Å². The van der Waals surface area contributed by atoms with E-state index >= 15 is 0 Å². The minimum Gasteiger partial charge on any atom is -0.346 e. The lowest BCUT2D eigenvalue weighted by atomic mass is 9.98. The number of hydrogen-bond acceptors (Lipinski definition) is 2. The predicted molar refractivity (Wildman–Crippen MR) is 110 cm³/mol. The van der Waals surface area contributed by atoms with E-state index in [2.05, 4.69) is 47.1 Å². The second kappa shape index (κ2) is 8.07. The Morgan fingerprint density at radius 2 is 1.85 bits per heavy atom. The number of carbonyl (C=O) groups excluding carboxylic acids is 1. The third-order valence-electron chi connectivity index (χ3n) is 5.49. The molecule has 1 unspecified atom stereocenters.